The summed E-state index contributed by atoms with van der Waals surface area (Å²) in [6.45, 7) is 0. The molecule has 0 amide bonds. The maximum absolute atomic E-state index is 8.74. The number of aromatic nitrogens is 4. The zero-order valence-corrected chi connectivity index (χ0v) is 9.51. The minimum atomic E-state index is -4.67. The van der Waals surface area contributed by atoms with Gasteiger partial charge in [0, 0.05) is 0 Å². The van der Waals surface area contributed by atoms with Gasteiger partial charge in [0.2, 0.25) is 5.95 Å². The number of hydrogen-bond donors (Lipinski definition) is 5. The van der Waals surface area contributed by atoms with E-state index in [1.807, 2.05) is 0 Å². The molecule has 0 aliphatic carbocycles. The summed E-state index contributed by atoms with van der Waals surface area (Å²) in [6, 6.07) is 0. The predicted octanol–water partition coefficient (Wildman–Crippen LogP) is -2.78. The molecule has 0 aromatic carbocycles. The highest BCUT2D eigenvalue weighted by molar-refractivity contribution is 7.79. The Morgan fingerprint density at radius 2 is 1.67 bits per heavy atom. The van der Waals surface area contributed by atoms with Crippen LogP contribution < -0.4 is 11.5 Å². The summed E-state index contributed by atoms with van der Waals surface area (Å²) in [4.78, 5) is 14.3. The first-order valence-corrected chi connectivity index (χ1v) is 5.09. The van der Waals surface area contributed by atoms with Gasteiger partial charge < -0.3 is 27.4 Å². The van der Waals surface area contributed by atoms with Crippen molar-refractivity contribution in [3.8, 4) is 0 Å². The number of nitrogen functional groups attached to an aromatic ring is 2. The van der Waals surface area contributed by atoms with Crippen molar-refractivity contribution in [3.63, 3.8) is 0 Å². The summed E-state index contributed by atoms with van der Waals surface area (Å²) in [7, 11) is -4.67. The van der Waals surface area contributed by atoms with Crippen LogP contribution in [0.2, 0.25) is 0 Å². The van der Waals surface area contributed by atoms with Crippen LogP contribution in [0.25, 0.3) is 11.2 Å². The largest absolute Gasteiger partial charge is 0.412 e. The third-order valence-corrected chi connectivity index (χ3v) is 1.33. The molecule has 2 heterocycles. The van der Waals surface area contributed by atoms with Crippen LogP contribution >= 0.6 is 0 Å². The molecule has 0 radical (unpaired) electrons. The van der Waals surface area contributed by atoms with Crippen molar-refractivity contribution >= 4 is 33.3 Å². The molecule has 0 unspecified atom stereocenters. The number of rotatable bonds is 0. The van der Waals surface area contributed by atoms with Crippen molar-refractivity contribution in [2.75, 3.05) is 11.5 Å². The minimum absolute atomic E-state index is 0. The van der Waals surface area contributed by atoms with Gasteiger partial charge in [-0.15, -0.1) is 0 Å². The lowest BCUT2D eigenvalue weighted by Gasteiger charge is -1.94. The molecule has 11 N–H and O–H groups in total. The quantitative estimate of drug-likeness (QED) is 0.313. The van der Waals surface area contributed by atoms with Crippen LogP contribution in [0.15, 0.2) is 6.33 Å². The SMILES string of the molecule is Nc1nc(N)c2[nH]cnc2n1.O.O.O=S(=O)(O)O. The predicted molar refractivity (Wildman–Crippen MR) is 61.9 cm³/mol. The maximum atomic E-state index is 8.74. The van der Waals surface area contributed by atoms with Gasteiger partial charge in [0.15, 0.2) is 11.5 Å². The Balaban J connectivity index is 0. The molecule has 0 spiro atoms. The zero-order chi connectivity index (χ0) is 12.3. The van der Waals surface area contributed by atoms with E-state index in [4.69, 9.17) is 29.0 Å². The Morgan fingerprint density at radius 1 is 1.17 bits per heavy atom. The Hall–Kier alpha value is -2.06. The third-order valence-electron chi connectivity index (χ3n) is 1.33. The fourth-order valence-corrected chi connectivity index (χ4v) is 0.873. The molecular formula is C5H12N6O6S. The average molecular weight is 284 g/mol. The number of H-pyrrole nitrogens is 1. The van der Waals surface area contributed by atoms with Crippen molar-refractivity contribution in [1.29, 1.82) is 0 Å². The molecule has 0 saturated carbocycles. The molecule has 2 aromatic heterocycles. The van der Waals surface area contributed by atoms with Gasteiger partial charge in [0.1, 0.15) is 5.52 Å². The van der Waals surface area contributed by atoms with Crippen molar-refractivity contribution in [2.45, 2.75) is 0 Å². The summed E-state index contributed by atoms with van der Waals surface area (Å²) >= 11 is 0. The van der Waals surface area contributed by atoms with E-state index in [0.717, 1.165) is 0 Å². The van der Waals surface area contributed by atoms with Crippen molar-refractivity contribution < 1.29 is 28.5 Å². The Labute approximate surface area is 100 Å². The lowest BCUT2D eigenvalue weighted by Crippen LogP contribution is -1.99. The van der Waals surface area contributed by atoms with Crippen LogP contribution in [0.4, 0.5) is 11.8 Å². The first-order chi connectivity index (χ1) is 7.27. The summed E-state index contributed by atoms with van der Waals surface area (Å²) in [6.07, 6.45) is 1.50. The standard InChI is InChI=1S/C5H6N6.H2O4S.2H2O/c6-3-2-4(9-1-8-2)11-5(7)10-3;1-5(2,3)4;;/h1H,(H5,6,7,8,9,10,11);(H2,1,2,3,4);2*1H2. The summed E-state index contributed by atoms with van der Waals surface area (Å²) in [5.74, 6) is 0.465. The number of imidazole rings is 1. The molecule has 0 fully saturated rings. The van der Waals surface area contributed by atoms with Gasteiger partial charge in [0.05, 0.1) is 6.33 Å². The number of aromatic amines is 1. The van der Waals surface area contributed by atoms with Crippen LogP contribution in [0, 0.1) is 0 Å². The second kappa shape index (κ2) is 6.62. The normalized spacial score (nSPS) is 9.67. The fourth-order valence-electron chi connectivity index (χ4n) is 0.873. The summed E-state index contributed by atoms with van der Waals surface area (Å²) in [5, 5.41) is 0. The van der Waals surface area contributed by atoms with E-state index in [2.05, 4.69) is 19.9 Å². The second-order valence-electron chi connectivity index (χ2n) is 2.52. The van der Waals surface area contributed by atoms with Gasteiger partial charge in [-0.1, -0.05) is 0 Å². The molecule has 0 saturated heterocycles. The van der Waals surface area contributed by atoms with Crippen LogP contribution in [0.3, 0.4) is 0 Å². The van der Waals surface area contributed by atoms with Gasteiger partial charge in [-0.05, 0) is 0 Å². The topological polar surface area (TPSA) is 244 Å². The second-order valence-corrected chi connectivity index (χ2v) is 3.41. The highest BCUT2D eigenvalue weighted by atomic mass is 32.3. The Bertz CT molecular complexity index is 588. The highest BCUT2D eigenvalue weighted by Gasteiger charge is 2.03. The monoisotopic (exact) mass is 284 g/mol. The zero-order valence-electron chi connectivity index (χ0n) is 8.69. The van der Waals surface area contributed by atoms with E-state index in [1.165, 1.54) is 6.33 Å². The maximum Gasteiger partial charge on any atom is 0.394 e. The Kier molecular flexibility index (Phi) is 6.73. The van der Waals surface area contributed by atoms with Gasteiger partial charge in [-0.3, -0.25) is 9.11 Å². The van der Waals surface area contributed by atoms with E-state index >= 15 is 0 Å². The van der Waals surface area contributed by atoms with Gasteiger partial charge >= 0.3 is 10.4 Å². The van der Waals surface area contributed by atoms with E-state index in [9.17, 15) is 0 Å². The molecule has 0 aliphatic heterocycles. The number of anilines is 2. The molecule has 2 rings (SSSR count). The van der Waals surface area contributed by atoms with Crippen LogP contribution in [0.5, 0.6) is 0 Å². The van der Waals surface area contributed by atoms with Gasteiger partial charge in [-0.25, -0.2) is 4.98 Å². The highest BCUT2D eigenvalue weighted by Crippen LogP contribution is 2.12. The van der Waals surface area contributed by atoms with Crippen molar-refractivity contribution in [3.05, 3.63) is 6.33 Å². The number of nitrogens with one attached hydrogen (secondary N) is 1. The molecule has 0 bridgehead atoms. The van der Waals surface area contributed by atoms with Crippen LogP contribution in [-0.2, 0) is 10.4 Å². The molecular weight excluding hydrogens is 272 g/mol. The van der Waals surface area contributed by atoms with Crippen molar-refractivity contribution in [1.82, 2.24) is 19.9 Å². The Morgan fingerprint density at radius 3 is 2.17 bits per heavy atom. The van der Waals surface area contributed by atoms with Gasteiger partial charge in [0.25, 0.3) is 0 Å². The van der Waals surface area contributed by atoms with E-state index in [-0.39, 0.29) is 16.9 Å². The van der Waals surface area contributed by atoms with Crippen LogP contribution in [-0.4, -0.2) is 48.4 Å². The van der Waals surface area contributed by atoms with E-state index < -0.39 is 10.4 Å². The fraction of sp³-hybridized carbons (Fsp3) is 0. The molecule has 2 aromatic rings. The molecule has 12 nitrogen and oxygen atoms in total. The summed E-state index contributed by atoms with van der Waals surface area (Å²) in [5.41, 5.74) is 11.9. The lowest BCUT2D eigenvalue weighted by molar-refractivity contribution is 0.381. The number of fused-ring (bicyclic) bond motifs is 1. The number of nitrogens with two attached hydrogens (primary N) is 2. The summed E-state index contributed by atoms with van der Waals surface area (Å²) < 4.78 is 31.6. The van der Waals surface area contributed by atoms with Crippen LogP contribution in [0.1, 0.15) is 0 Å². The molecule has 104 valence electrons. The van der Waals surface area contributed by atoms with E-state index in [0.29, 0.717) is 17.0 Å². The minimum Gasteiger partial charge on any atom is -0.412 e. The number of hydrogen-bond acceptors (Lipinski definition) is 7. The number of nitrogens with zero attached hydrogens (tertiary/aromatic N) is 3. The van der Waals surface area contributed by atoms with Gasteiger partial charge in [-0.2, -0.15) is 18.4 Å². The third kappa shape index (κ3) is 5.87. The van der Waals surface area contributed by atoms with E-state index in [1.54, 1.807) is 0 Å². The molecule has 0 aliphatic rings. The van der Waals surface area contributed by atoms with Crippen molar-refractivity contribution in [2.24, 2.45) is 0 Å². The lowest BCUT2D eigenvalue weighted by atomic mass is 10.5. The molecule has 0 atom stereocenters. The smallest absolute Gasteiger partial charge is 0.394 e. The molecule has 18 heavy (non-hydrogen) atoms. The average Bonchev–Trinajstić information content (AvgIpc) is 2.47. The first-order valence-electron chi connectivity index (χ1n) is 3.69. The molecule has 13 heteroatoms. The first kappa shape index (κ1) is 18.3.